The molecule has 20 heavy (non-hydrogen) atoms. The fourth-order valence-corrected chi connectivity index (χ4v) is 1.96. The molecule has 1 aliphatic carbocycles. The van der Waals surface area contributed by atoms with E-state index in [0.717, 1.165) is 30.1 Å². The first-order valence-corrected chi connectivity index (χ1v) is 7.16. The van der Waals surface area contributed by atoms with Crippen LogP contribution in [0.4, 0.5) is 0 Å². The van der Waals surface area contributed by atoms with Crippen LogP contribution in [0.5, 0.6) is 5.75 Å². The number of hydrogen-bond acceptors (Lipinski definition) is 4. The predicted molar refractivity (Wildman–Crippen MR) is 76.3 cm³/mol. The third-order valence-electron chi connectivity index (χ3n) is 3.36. The summed E-state index contributed by atoms with van der Waals surface area (Å²) in [5, 5.41) is 7.67. The summed E-state index contributed by atoms with van der Waals surface area (Å²) in [6.07, 6.45) is 8.22. The minimum Gasteiger partial charge on any atom is -0.487 e. The molecule has 0 bridgehead atoms. The minimum atomic E-state index is 0.529. The van der Waals surface area contributed by atoms with E-state index < -0.39 is 0 Å². The zero-order valence-corrected chi connectivity index (χ0v) is 11.7. The summed E-state index contributed by atoms with van der Waals surface area (Å²) in [6, 6.07) is 4.70. The van der Waals surface area contributed by atoms with Crippen LogP contribution in [0.25, 0.3) is 0 Å². The first-order valence-electron chi connectivity index (χ1n) is 7.16. The van der Waals surface area contributed by atoms with Crippen LogP contribution in [0, 0.1) is 0 Å². The van der Waals surface area contributed by atoms with E-state index in [2.05, 4.69) is 22.3 Å². The van der Waals surface area contributed by atoms with E-state index in [9.17, 15) is 0 Å². The van der Waals surface area contributed by atoms with Crippen LogP contribution < -0.4 is 10.1 Å². The Balaban J connectivity index is 1.49. The van der Waals surface area contributed by atoms with E-state index in [0.29, 0.717) is 12.6 Å². The van der Waals surface area contributed by atoms with Crippen molar-refractivity contribution < 1.29 is 4.74 Å². The topological polar surface area (TPSA) is 52.0 Å². The summed E-state index contributed by atoms with van der Waals surface area (Å²) in [4.78, 5) is 4.40. The molecule has 0 saturated heterocycles. The lowest BCUT2D eigenvalue weighted by Crippen LogP contribution is -2.16. The molecule has 1 aliphatic rings. The van der Waals surface area contributed by atoms with Crippen molar-refractivity contribution in [3.63, 3.8) is 0 Å². The van der Waals surface area contributed by atoms with Crippen molar-refractivity contribution in [3.8, 4) is 5.75 Å². The molecule has 0 aromatic carbocycles. The molecule has 0 aliphatic heterocycles. The van der Waals surface area contributed by atoms with E-state index in [1.54, 1.807) is 6.20 Å². The molecule has 2 heterocycles. The van der Waals surface area contributed by atoms with Crippen LogP contribution in [-0.2, 0) is 19.7 Å². The van der Waals surface area contributed by atoms with Gasteiger partial charge in [-0.15, -0.1) is 0 Å². The van der Waals surface area contributed by atoms with E-state index in [-0.39, 0.29) is 0 Å². The van der Waals surface area contributed by atoms with Crippen molar-refractivity contribution in [1.82, 2.24) is 20.1 Å². The number of rotatable bonds is 7. The van der Waals surface area contributed by atoms with Gasteiger partial charge >= 0.3 is 0 Å². The van der Waals surface area contributed by atoms with Crippen molar-refractivity contribution in [3.05, 3.63) is 42.0 Å². The van der Waals surface area contributed by atoms with Gasteiger partial charge in [0.1, 0.15) is 12.4 Å². The van der Waals surface area contributed by atoms with Crippen LogP contribution in [0.2, 0.25) is 0 Å². The van der Waals surface area contributed by atoms with E-state index in [4.69, 9.17) is 4.74 Å². The van der Waals surface area contributed by atoms with Gasteiger partial charge in [-0.25, -0.2) is 0 Å². The highest BCUT2D eigenvalue weighted by molar-refractivity contribution is 5.20. The van der Waals surface area contributed by atoms with Gasteiger partial charge in [0, 0.05) is 30.9 Å². The number of pyridine rings is 1. The summed E-state index contributed by atoms with van der Waals surface area (Å²) < 4.78 is 7.60. The lowest BCUT2D eigenvalue weighted by Gasteiger charge is -2.06. The van der Waals surface area contributed by atoms with Gasteiger partial charge in [0.05, 0.1) is 18.1 Å². The highest BCUT2D eigenvalue weighted by Gasteiger charge is 2.19. The largest absolute Gasteiger partial charge is 0.487 e. The summed E-state index contributed by atoms with van der Waals surface area (Å²) in [5.41, 5.74) is 2.13. The molecule has 1 saturated carbocycles. The van der Waals surface area contributed by atoms with Crippen LogP contribution in [0.1, 0.15) is 31.0 Å². The highest BCUT2D eigenvalue weighted by atomic mass is 16.5. The zero-order chi connectivity index (χ0) is 13.8. The molecule has 0 atom stereocenters. The molecule has 0 spiro atoms. The molecule has 0 amide bonds. The molecule has 2 aromatic heterocycles. The van der Waals surface area contributed by atoms with Crippen molar-refractivity contribution >= 4 is 0 Å². The molecule has 5 nitrogen and oxygen atoms in total. The highest BCUT2D eigenvalue weighted by Crippen LogP contribution is 2.19. The quantitative estimate of drug-likeness (QED) is 0.839. The summed E-state index contributed by atoms with van der Waals surface area (Å²) in [5.74, 6) is 0.796. The fourth-order valence-electron chi connectivity index (χ4n) is 1.96. The number of nitrogens with zero attached hydrogens (tertiary/aromatic N) is 3. The van der Waals surface area contributed by atoms with Crippen molar-refractivity contribution in [2.75, 3.05) is 0 Å². The molecular formula is C15H20N4O. The third kappa shape index (κ3) is 3.57. The number of ether oxygens (including phenoxy) is 1. The Morgan fingerprint density at radius 2 is 2.25 bits per heavy atom. The molecule has 5 heteroatoms. The smallest absolute Gasteiger partial charge is 0.138 e. The molecule has 0 radical (unpaired) electrons. The summed E-state index contributed by atoms with van der Waals surface area (Å²) in [7, 11) is 0. The van der Waals surface area contributed by atoms with E-state index in [1.165, 1.54) is 12.8 Å². The maximum absolute atomic E-state index is 5.71. The van der Waals surface area contributed by atoms with Crippen molar-refractivity contribution in [1.29, 1.82) is 0 Å². The van der Waals surface area contributed by atoms with Gasteiger partial charge in [-0.05, 0) is 31.9 Å². The van der Waals surface area contributed by atoms with Gasteiger partial charge in [-0.3, -0.25) is 9.67 Å². The van der Waals surface area contributed by atoms with Gasteiger partial charge in [-0.2, -0.15) is 5.10 Å². The Labute approximate surface area is 119 Å². The van der Waals surface area contributed by atoms with Gasteiger partial charge in [-0.1, -0.05) is 0 Å². The fraction of sp³-hybridized carbons (Fsp3) is 0.467. The molecule has 1 fully saturated rings. The number of hydrogen-bond donors (Lipinski definition) is 1. The Kier molecular flexibility index (Phi) is 3.97. The standard InChI is InChI=1S/C15H20N4O/c1-2-19-10-12(7-18-19)11-20-15-6-5-14(17-9-15)8-16-13-3-4-13/h5-7,9-10,13,16H,2-4,8,11H2,1H3. The Morgan fingerprint density at radius 1 is 1.35 bits per heavy atom. The average molecular weight is 272 g/mol. The lowest BCUT2D eigenvalue weighted by atomic mass is 10.3. The maximum Gasteiger partial charge on any atom is 0.138 e. The maximum atomic E-state index is 5.71. The Morgan fingerprint density at radius 3 is 2.90 bits per heavy atom. The molecule has 1 N–H and O–H groups in total. The van der Waals surface area contributed by atoms with Crippen LogP contribution >= 0.6 is 0 Å². The van der Waals surface area contributed by atoms with Gasteiger partial charge in [0.2, 0.25) is 0 Å². The van der Waals surface area contributed by atoms with Crippen molar-refractivity contribution in [2.45, 2.75) is 45.5 Å². The third-order valence-corrected chi connectivity index (χ3v) is 3.36. The van der Waals surface area contributed by atoms with E-state index in [1.807, 2.05) is 29.2 Å². The molecule has 2 aromatic rings. The second-order valence-corrected chi connectivity index (χ2v) is 5.13. The number of nitrogens with one attached hydrogen (secondary N) is 1. The van der Waals surface area contributed by atoms with Crippen LogP contribution in [-0.4, -0.2) is 20.8 Å². The average Bonchev–Trinajstić information content (AvgIpc) is 3.21. The van der Waals surface area contributed by atoms with E-state index >= 15 is 0 Å². The monoisotopic (exact) mass is 272 g/mol. The van der Waals surface area contributed by atoms with Crippen LogP contribution in [0.3, 0.4) is 0 Å². The second kappa shape index (κ2) is 6.05. The number of aryl methyl sites for hydroxylation is 1. The first kappa shape index (κ1) is 13.1. The molecular weight excluding hydrogens is 252 g/mol. The SMILES string of the molecule is CCn1cc(COc2ccc(CNC3CC3)nc2)cn1. The van der Waals surface area contributed by atoms with Crippen LogP contribution in [0.15, 0.2) is 30.7 Å². The summed E-state index contributed by atoms with van der Waals surface area (Å²) >= 11 is 0. The Bertz CT molecular complexity index is 545. The van der Waals surface area contributed by atoms with Crippen molar-refractivity contribution in [2.24, 2.45) is 0 Å². The molecule has 0 unspecified atom stereocenters. The minimum absolute atomic E-state index is 0.529. The van der Waals surface area contributed by atoms with Gasteiger partial charge in [0.15, 0.2) is 0 Å². The van der Waals surface area contributed by atoms with Gasteiger partial charge < -0.3 is 10.1 Å². The summed E-state index contributed by atoms with van der Waals surface area (Å²) in [6.45, 7) is 4.32. The number of aromatic nitrogens is 3. The lowest BCUT2D eigenvalue weighted by molar-refractivity contribution is 0.304. The molecule has 106 valence electrons. The molecule has 3 rings (SSSR count). The first-order chi connectivity index (χ1) is 9.83. The predicted octanol–water partition coefficient (Wildman–Crippen LogP) is 2.13. The van der Waals surface area contributed by atoms with Gasteiger partial charge in [0.25, 0.3) is 0 Å². The Hall–Kier alpha value is -1.88. The zero-order valence-electron chi connectivity index (χ0n) is 11.7. The second-order valence-electron chi connectivity index (χ2n) is 5.13. The normalized spacial score (nSPS) is 14.4.